The third-order valence-corrected chi connectivity index (χ3v) is 5.10. The van der Waals surface area contributed by atoms with Crippen LogP contribution in [0.3, 0.4) is 0 Å². The van der Waals surface area contributed by atoms with Crippen LogP contribution in [0.2, 0.25) is 0 Å². The fourth-order valence-corrected chi connectivity index (χ4v) is 3.82. The number of carbonyl (C=O) groups is 1. The summed E-state index contributed by atoms with van der Waals surface area (Å²) in [5.74, 6) is 0.0265. The van der Waals surface area contributed by atoms with Gasteiger partial charge in [0, 0.05) is 31.6 Å². The lowest BCUT2D eigenvalue weighted by Gasteiger charge is -2.39. The molecule has 4 heterocycles. The van der Waals surface area contributed by atoms with E-state index >= 15 is 0 Å². The number of amides is 1. The first-order chi connectivity index (χ1) is 12.7. The average molecular weight is 353 g/mol. The Bertz CT molecular complexity index is 740. The molecule has 6 heteroatoms. The Morgan fingerprint density at radius 1 is 1.31 bits per heavy atom. The zero-order valence-corrected chi connectivity index (χ0v) is 14.7. The minimum atomic E-state index is -0.287. The lowest BCUT2D eigenvalue weighted by molar-refractivity contribution is -0.0466. The van der Waals surface area contributed by atoms with E-state index in [1.165, 1.54) is 0 Å². The number of aromatic nitrogens is 2. The Kier molecular flexibility index (Phi) is 4.95. The minimum Gasteiger partial charge on any atom is -0.370 e. The molecule has 2 aromatic heterocycles. The lowest BCUT2D eigenvalue weighted by atomic mass is 9.89. The Balaban J connectivity index is 1.36. The number of rotatable bonds is 4. The average Bonchev–Trinajstić information content (AvgIpc) is 3.09. The zero-order valence-electron chi connectivity index (χ0n) is 14.7. The number of pyridine rings is 2. The largest absolute Gasteiger partial charge is 0.370 e. The molecule has 2 aromatic rings. The highest BCUT2D eigenvalue weighted by molar-refractivity contribution is 5.94. The molecule has 0 aliphatic carbocycles. The topological polar surface area (TPSA) is 64.6 Å². The maximum atomic E-state index is 12.7. The molecule has 6 nitrogen and oxygen atoms in total. The summed E-state index contributed by atoms with van der Waals surface area (Å²) in [5, 5.41) is 0. The summed E-state index contributed by atoms with van der Waals surface area (Å²) in [6.07, 6.45) is 7.85. The van der Waals surface area contributed by atoms with Crippen molar-refractivity contribution in [1.29, 1.82) is 0 Å². The van der Waals surface area contributed by atoms with Crippen LogP contribution in [0.4, 0.5) is 0 Å². The molecule has 0 bridgehead atoms. The predicted octanol–water partition coefficient (Wildman–Crippen LogP) is 2.46. The third-order valence-electron chi connectivity index (χ3n) is 5.10. The molecule has 0 radical (unpaired) electrons. The molecular weight excluding hydrogens is 330 g/mol. The maximum Gasteiger partial charge on any atom is 0.255 e. The molecule has 0 N–H and O–H groups in total. The Labute approximate surface area is 153 Å². The molecule has 1 spiro atoms. The van der Waals surface area contributed by atoms with Gasteiger partial charge >= 0.3 is 0 Å². The molecule has 26 heavy (non-hydrogen) atoms. The van der Waals surface area contributed by atoms with Gasteiger partial charge in [-0.05, 0) is 37.1 Å². The van der Waals surface area contributed by atoms with Gasteiger partial charge in [0.15, 0.2) is 0 Å². The van der Waals surface area contributed by atoms with Gasteiger partial charge in [0.2, 0.25) is 0 Å². The van der Waals surface area contributed by atoms with E-state index in [0.29, 0.717) is 25.3 Å². The van der Waals surface area contributed by atoms with E-state index in [9.17, 15) is 4.79 Å². The van der Waals surface area contributed by atoms with Crippen LogP contribution in [-0.2, 0) is 16.1 Å². The van der Waals surface area contributed by atoms with Crippen LogP contribution in [0.25, 0.3) is 0 Å². The fraction of sp³-hybridized carbons (Fsp3) is 0.450. The number of nitrogens with zero attached hydrogens (tertiary/aromatic N) is 3. The molecule has 0 saturated carbocycles. The summed E-state index contributed by atoms with van der Waals surface area (Å²) in [5.41, 5.74) is 1.27. The second-order valence-electron chi connectivity index (χ2n) is 7.02. The van der Waals surface area contributed by atoms with Crippen molar-refractivity contribution in [2.24, 2.45) is 0 Å². The van der Waals surface area contributed by atoms with Gasteiger partial charge in [0.25, 0.3) is 5.91 Å². The highest BCUT2D eigenvalue weighted by Gasteiger charge is 2.45. The smallest absolute Gasteiger partial charge is 0.255 e. The van der Waals surface area contributed by atoms with Crippen LogP contribution >= 0.6 is 0 Å². The van der Waals surface area contributed by atoms with Crippen LogP contribution < -0.4 is 0 Å². The minimum absolute atomic E-state index is 0.0265. The van der Waals surface area contributed by atoms with Gasteiger partial charge in [-0.15, -0.1) is 0 Å². The van der Waals surface area contributed by atoms with Gasteiger partial charge < -0.3 is 14.4 Å². The summed E-state index contributed by atoms with van der Waals surface area (Å²) in [7, 11) is 0. The summed E-state index contributed by atoms with van der Waals surface area (Å²) < 4.78 is 12.1. The monoisotopic (exact) mass is 353 g/mol. The molecule has 0 aromatic carbocycles. The molecule has 2 fully saturated rings. The van der Waals surface area contributed by atoms with Gasteiger partial charge in [0.1, 0.15) is 0 Å². The Morgan fingerprint density at radius 3 is 3.08 bits per heavy atom. The van der Waals surface area contributed by atoms with Crippen molar-refractivity contribution < 1.29 is 14.3 Å². The van der Waals surface area contributed by atoms with E-state index in [1.54, 1.807) is 24.7 Å². The van der Waals surface area contributed by atoms with Crippen molar-refractivity contribution in [3.63, 3.8) is 0 Å². The van der Waals surface area contributed by atoms with E-state index < -0.39 is 0 Å². The molecule has 0 unspecified atom stereocenters. The number of hydrogen-bond donors (Lipinski definition) is 0. The van der Waals surface area contributed by atoms with Crippen LogP contribution in [0, 0.1) is 0 Å². The van der Waals surface area contributed by atoms with Crippen molar-refractivity contribution in [2.75, 3.05) is 19.7 Å². The third kappa shape index (κ3) is 3.76. The van der Waals surface area contributed by atoms with Crippen molar-refractivity contribution >= 4 is 5.91 Å². The van der Waals surface area contributed by atoms with Gasteiger partial charge in [0.05, 0.1) is 42.7 Å². The standard InChI is InChI=1S/C20H23N3O3/c24-19(16-5-3-8-21-12-16)23-10-4-7-20(15-23)11-18(14-26-20)25-13-17-6-1-2-9-22-17/h1-3,5-6,8-9,12,18H,4,7,10-11,13-15H2/t18-,20+/m1/s1. The molecule has 2 aliphatic rings. The van der Waals surface area contributed by atoms with Gasteiger partial charge in [-0.2, -0.15) is 0 Å². The predicted molar refractivity (Wildman–Crippen MR) is 95.5 cm³/mol. The molecule has 2 aliphatic heterocycles. The molecule has 4 rings (SSSR count). The highest BCUT2D eigenvalue weighted by Crippen LogP contribution is 2.36. The summed E-state index contributed by atoms with van der Waals surface area (Å²) in [4.78, 5) is 23.0. The first kappa shape index (κ1) is 17.1. The van der Waals surface area contributed by atoms with E-state index in [-0.39, 0.29) is 17.6 Å². The summed E-state index contributed by atoms with van der Waals surface area (Å²) in [6, 6.07) is 9.42. The van der Waals surface area contributed by atoms with Crippen LogP contribution in [0.15, 0.2) is 48.9 Å². The molecule has 136 valence electrons. The second kappa shape index (κ2) is 7.51. The number of likely N-dealkylation sites (tertiary alicyclic amines) is 1. The number of hydrogen-bond acceptors (Lipinski definition) is 5. The van der Waals surface area contributed by atoms with Crippen molar-refractivity contribution in [1.82, 2.24) is 14.9 Å². The lowest BCUT2D eigenvalue weighted by Crippen LogP contribution is -2.50. The summed E-state index contributed by atoms with van der Waals surface area (Å²) >= 11 is 0. The van der Waals surface area contributed by atoms with Gasteiger partial charge in [-0.25, -0.2) is 0 Å². The Hall–Kier alpha value is -2.31. The van der Waals surface area contributed by atoms with E-state index in [0.717, 1.165) is 31.5 Å². The number of ether oxygens (including phenoxy) is 2. The van der Waals surface area contributed by atoms with Crippen molar-refractivity contribution in [3.05, 3.63) is 60.2 Å². The fourth-order valence-electron chi connectivity index (χ4n) is 3.82. The molecular formula is C20H23N3O3. The van der Waals surface area contributed by atoms with E-state index in [4.69, 9.17) is 9.47 Å². The highest BCUT2D eigenvalue weighted by atomic mass is 16.6. The maximum absolute atomic E-state index is 12.7. The SMILES string of the molecule is O=C(c1cccnc1)N1CCC[C@]2(C[C@@H](OCc3ccccn3)CO2)C1. The van der Waals surface area contributed by atoms with Crippen LogP contribution in [0.1, 0.15) is 35.3 Å². The van der Waals surface area contributed by atoms with E-state index in [1.807, 2.05) is 29.2 Å². The van der Waals surface area contributed by atoms with Gasteiger partial charge in [-0.3, -0.25) is 14.8 Å². The Morgan fingerprint density at radius 2 is 2.27 bits per heavy atom. The van der Waals surface area contributed by atoms with Crippen LogP contribution in [-0.4, -0.2) is 52.2 Å². The second-order valence-corrected chi connectivity index (χ2v) is 7.02. The number of carbonyl (C=O) groups excluding carboxylic acids is 1. The normalized spacial score (nSPS) is 25.5. The zero-order chi connectivity index (χ0) is 17.8. The molecule has 2 atom stereocenters. The number of piperidine rings is 1. The quantitative estimate of drug-likeness (QED) is 0.845. The van der Waals surface area contributed by atoms with Gasteiger partial charge in [-0.1, -0.05) is 6.07 Å². The summed E-state index contributed by atoms with van der Waals surface area (Å²) in [6.45, 7) is 2.44. The van der Waals surface area contributed by atoms with Crippen LogP contribution in [0.5, 0.6) is 0 Å². The molecule has 1 amide bonds. The van der Waals surface area contributed by atoms with E-state index in [2.05, 4.69) is 9.97 Å². The molecule has 2 saturated heterocycles. The van der Waals surface area contributed by atoms with Crippen molar-refractivity contribution in [3.8, 4) is 0 Å². The van der Waals surface area contributed by atoms with Crippen molar-refractivity contribution in [2.45, 2.75) is 37.6 Å². The first-order valence-corrected chi connectivity index (χ1v) is 9.09. The first-order valence-electron chi connectivity index (χ1n) is 9.09.